The lowest BCUT2D eigenvalue weighted by molar-refractivity contribution is -0.113. The van der Waals surface area contributed by atoms with E-state index in [1.807, 2.05) is 26.0 Å². The Hall–Kier alpha value is -2.07. The number of aromatic nitrogens is 2. The summed E-state index contributed by atoms with van der Waals surface area (Å²) >= 11 is 4.48. The smallest absolute Gasteiger partial charge is 0.408 e. The van der Waals surface area contributed by atoms with Crippen molar-refractivity contribution in [3.8, 4) is 0 Å². The second-order valence-corrected chi connectivity index (χ2v) is 9.92. The van der Waals surface area contributed by atoms with Gasteiger partial charge in [-0.15, -0.1) is 10.2 Å². The Labute approximate surface area is 189 Å². The lowest BCUT2D eigenvalue weighted by Crippen LogP contribution is -2.35. The van der Waals surface area contributed by atoms with Crippen LogP contribution in [-0.2, 0) is 9.53 Å². The summed E-state index contributed by atoms with van der Waals surface area (Å²) in [6, 6.07) is 6.82. The number of carbonyl (C=O) groups is 2. The molecular weight excluding hydrogens is 472 g/mol. The molecule has 0 spiro atoms. The van der Waals surface area contributed by atoms with Crippen molar-refractivity contribution in [3.63, 3.8) is 0 Å². The van der Waals surface area contributed by atoms with E-state index in [1.54, 1.807) is 32.9 Å². The third-order valence-electron chi connectivity index (χ3n) is 3.57. The molecule has 0 bridgehead atoms. The molecule has 0 aliphatic heterocycles. The quantitative estimate of drug-likeness (QED) is 0.483. The molecule has 10 heteroatoms. The van der Waals surface area contributed by atoms with Gasteiger partial charge in [0.15, 0.2) is 0 Å². The molecule has 0 saturated carbocycles. The predicted octanol–water partition coefficient (Wildman–Crippen LogP) is 5.17. The molecule has 1 aromatic carbocycles. The van der Waals surface area contributed by atoms with Gasteiger partial charge in [0, 0.05) is 10.2 Å². The summed E-state index contributed by atoms with van der Waals surface area (Å²) in [5, 5.41) is 13.9. The molecule has 1 aromatic heterocycles. The molecule has 0 aliphatic rings. The van der Waals surface area contributed by atoms with Crippen molar-refractivity contribution < 1.29 is 18.7 Å². The first-order valence-electron chi connectivity index (χ1n) is 9.53. The maximum absolute atomic E-state index is 12.2. The van der Waals surface area contributed by atoms with E-state index in [0.29, 0.717) is 12.1 Å². The molecule has 0 saturated heterocycles. The zero-order valence-electron chi connectivity index (χ0n) is 17.7. The van der Waals surface area contributed by atoms with E-state index >= 15 is 0 Å². The number of rotatable bonds is 8. The van der Waals surface area contributed by atoms with E-state index < -0.39 is 17.7 Å². The Balaban J connectivity index is 1.94. The van der Waals surface area contributed by atoms with E-state index in [-0.39, 0.29) is 28.7 Å². The number of amides is 2. The average Bonchev–Trinajstić information content (AvgIpc) is 3.08. The largest absolute Gasteiger partial charge is 0.444 e. The number of nitrogens with one attached hydrogen (secondary N) is 2. The molecule has 0 unspecified atom stereocenters. The standard InChI is InChI=1S/C20H27BrN4O4S/c1-12(2)10-15(23-18(27)29-20(3,4)5)17-24-25-19(28-17)30-11-16(26)22-14-8-6-13(21)7-9-14/h6-9,12,15H,10-11H2,1-5H3,(H,22,26)(H,23,27)/t15-/m0/s1. The fraction of sp³-hybridized carbons (Fsp3) is 0.500. The molecule has 0 radical (unpaired) electrons. The summed E-state index contributed by atoms with van der Waals surface area (Å²) in [4.78, 5) is 24.3. The summed E-state index contributed by atoms with van der Waals surface area (Å²) in [5.41, 5.74) is 0.0958. The first kappa shape index (κ1) is 24.2. The highest BCUT2D eigenvalue weighted by Gasteiger charge is 2.25. The van der Waals surface area contributed by atoms with Gasteiger partial charge in [-0.05, 0) is 57.4 Å². The fourth-order valence-electron chi connectivity index (χ4n) is 2.42. The topological polar surface area (TPSA) is 106 Å². The van der Waals surface area contributed by atoms with Crippen LogP contribution in [-0.4, -0.2) is 33.6 Å². The second-order valence-electron chi connectivity index (χ2n) is 8.08. The number of nitrogens with zero attached hydrogens (tertiary/aromatic N) is 2. The highest BCUT2D eigenvalue weighted by Crippen LogP contribution is 2.25. The van der Waals surface area contributed by atoms with Crippen molar-refractivity contribution in [3.05, 3.63) is 34.6 Å². The van der Waals surface area contributed by atoms with Gasteiger partial charge in [-0.1, -0.05) is 41.5 Å². The number of thioether (sulfide) groups is 1. The fourth-order valence-corrected chi connectivity index (χ4v) is 3.25. The number of benzene rings is 1. The van der Waals surface area contributed by atoms with Gasteiger partial charge in [-0.2, -0.15) is 0 Å². The summed E-state index contributed by atoms with van der Waals surface area (Å²) in [6.45, 7) is 9.45. The molecule has 30 heavy (non-hydrogen) atoms. The van der Waals surface area contributed by atoms with Crippen LogP contribution in [0.4, 0.5) is 10.5 Å². The molecular formula is C20H27BrN4O4S. The van der Waals surface area contributed by atoms with Crippen LogP contribution in [0.1, 0.15) is 53.0 Å². The number of anilines is 1. The molecule has 0 fully saturated rings. The lowest BCUT2D eigenvalue weighted by atomic mass is 10.0. The lowest BCUT2D eigenvalue weighted by Gasteiger charge is -2.22. The van der Waals surface area contributed by atoms with Crippen molar-refractivity contribution in [1.82, 2.24) is 15.5 Å². The number of hydrogen-bond donors (Lipinski definition) is 2. The Bertz CT molecular complexity index is 849. The third kappa shape index (κ3) is 8.74. The normalized spacial score (nSPS) is 12.5. The molecule has 8 nitrogen and oxygen atoms in total. The van der Waals surface area contributed by atoms with E-state index in [0.717, 1.165) is 16.2 Å². The molecule has 2 aromatic rings. The Kier molecular flexibility index (Phi) is 8.72. The minimum Gasteiger partial charge on any atom is -0.444 e. The average molecular weight is 499 g/mol. The van der Waals surface area contributed by atoms with Gasteiger partial charge in [0.1, 0.15) is 11.6 Å². The van der Waals surface area contributed by atoms with Crippen LogP contribution < -0.4 is 10.6 Å². The van der Waals surface area contributed by atoms with Crippen molar-refractivity contribution in [1.29, 1.82) is 0 Å². The van der Waals surface area contributed by atoms with Crippen molar-refractivity contribution in [2.24, 2.45) is 5.92 Å². The third-order valence-corrected chi connectivity index (χ3v) is 4.92. The van der Waals surface area contributed by atoms with Gasteiger partial charge in [-0.25, -0.2) is 4.79 Å². The first-order valence-corrected chi connectivity index (χ1v) is 11.3. The van der Waals surface area contributed by atoms with E-state index in [9.17, 15) is 9.59 Å². The van der Waals surface area contributed by atoms with Crippen LogP contribution in [0.5, 0.6) is 0 Å². The van der Waals surface area contributed by atoms with Crippen LogP contribution >= 0.6 is 27.7 Å². The Morgan fingerprint density at radius 1 is 1.20 bits per heavy atom. The Morgan fingerprint density at radius 3 is 2.47 bits per heavy atom. The molecule has 2 N–H and O–H groups in total. The first-order chi connectivity index (χ1) is 14.0. The monoisotopic (exact) mass is 498 g/mol. The van der Waals surface area contributed by atoms with E-state index in [1.165, 1.54) is 0 Å². The Morgan fingerprint density at radius 2 is 1.87 bits per heavy atom. The zero-order chi connectivity index (χ0) is 22.3. The van der Waals surface area contributed by atoms with Crippen LogP contribution in [0.25, 0.3) is 0 Å². The summed E-state index contributed by atoms with van der Waals surface area (Å²) in [6.07, 6.45) is 0.0599. The number of ether oxygens (including phenoxy) is 1. The van der Waals surface area contributed by atoms with Gasteiger partial charge in [0.2, 0.25) is 11.8 Å². The molecule has 164 valence electrons. The van der Waals surface area contributed by atoms with Crippen LogP contribution in [0.15, 0.2) is 38.4 Å². The summed E-state index contributed by atoms with van der Waals surface area (Å²) < 4.78 is 11.9. The minimum absolute atomic E-state index is 0.117. The number of alkyl carbamates (subject to hydrolysis) is 1. The van der Waals surface area contributed by atoms with E-state index in [4.69, 9.17) is 9.15 Å². The van der Waals surface area contributed by atoms with Gasteiger partial charge in [-0.3, -0.25) is 4.79 Å². The highest BCUT2D eigenvalue weighted by molar-refractivity contribution is 9.10. The van der Waals surface area contributed by atoms with Crippen LogP contribution in [0.3, 0.4) is 0 Å². The van der Waals surface area contributed by atoms with Crippen LogP contribution in [0, 0.1) is 5.92 Å². The summed E-state index contributed by atoms with van der Waals surface area (Å²) in [7, 11) is 0. The van der Waals surface area contributed by atoms with Crippen molar-refractivity contribution in [2.45, 2.75) is 57.9 Å². The molecule has 2 amide bonds. The number of hydrogen-bond acceptors (Lipinski definition) is 7. The van der Waals surface area contributed by atoms with Gasteiger partial charge in [0.25, 0.3) is 5.22 Å². The minimum atomic E-state index is -0.607. The number of carbonyl (C=O) groups excluding carboxylic acids is 2. The molecule has 2 rings (SSSR count). The second kappa shape index (κ2) is 10.8. The van der Waals surface area contributed by atoms with Crippen molar-refractivity contribution in [2.75, 3.05) is 11.1 Å². The van der Waals surface area contributed by atoms with Crippen LogP contribution in [0.2, 0.25) is 0 Å². The number of halogens is 1. The maximum Gasteiger partial charge on any atom is 0.408 e. The maximum atomic E-state index is 12.2. The molecule has 0 aliphatic carbocycles. The van der Waals surface area contributed by atoms with Gasteiger partial charge < -0.3 is 19.8 Å². The van der Waals surface area contributed by atoms with Gasteiger partial charge >= 0.3 is 6.09 Å². The summed E-state index contributed by atoms with van der Waals surface area (Å²) in [5.74, 6) is 0.495. The zero-order valence-corrected chi connectivity index (χ0v) is 20.1. The highest BCUT2D eigenvalue weighted by atomic mass is 79.9. The molecule has 1 atom stereocenters. The molecule has 1 heterocycles. The van der Waals surface area contributed by atoms with E-state index in [2.05, 4.69) is 36.8 Å². The van der Waals surface area contributed by atoms with Gasteiger partial charge in [0.05, 0.1) is 5.75 Å². The predicted molar refractivity (Wildman–Crippen MR) is 119 cm³/mol. The SMILES string of the molecule is CC(C)C[C@H](NC(=O)OC(C)(C)C)c1nnc(SCC(=O)Nc2ccc(Br)cc2)o1. The van der Waals surface area contributed by atoms with Crippen molar-refractivity contribution >= 4 is 45.4 Å².